The molecule has 0 N–H and O–H groups in total. The van der Waals surface area contributed by atoms with Crippen LogP contribution in [0.1, 0.15) is 11.1 Å². The highest BCUT2D eigenvalue weighted by Gasteiger charge is 2.07. The molecule has 0 aliphatic rings. The van der Waals surface area contributed by atoms with Gasteiger partial charge in [-0.1, -0.05) is 37.9 Å². The van der Waals surface area contributed by atoms with E-state index >= 15 is 0 Å². The average molecular weight is 435 g/mol. The van der Waals surface area contributed by atoms with E-state index in [1.807, 2.05) is 36.4 Å². The smallest absolute Gasteiger partial charge is 0.141 e. The van der Waals surface area contributed by atoms with Crippen LogP contribution in [0.15, 0.2) is 45.3 Å². The van der Waals surface area contributed by atoms with Crippen LogP contribution in [0.5, 0.6) is 11.5 Å². The molecule has 0 heterocycles. The number of halogens is 3. The number of hydrogen-bond donors (Lipinski definition) is 0. The lowest BCUT2D eigenvalue weighted by atomic mass is 10.2. The van der Waals surface area contributed by atoms with Gasteiger partial charge in [0.05, 0.1) is 4.47 Å². The molecule has 0 fully saturated rings. The Hall–Kier alpha value is -0.320. The first kappa shape index (κ1) is 14.1. The lowest BCUT2D eigenvalue weighted by molar-refractivity contribution is 0.475. The van der Waals surface area contributed by atoms with Gasteiger partial charge in [-0.05, 0) is 58.7 Å². The van der Waals surface area contributed by atoms with E-state index in [1.54, 1.807) is 0 Å². The molecule has 94 valence electrons. The summed E-state index contributed by atoms with van der Waals surface area (Å²) in [5, 5.41) is 0.755. The number of alkyl halides is 1. The molecular weight excluding hydrogens is 424 g/mol. The quantitative estimate of drug-likeness (QED) is 0.522. The van der Waals surface area contributed by atoms with Crippen molar-refractivity contribution in [2.75, 3.05) is 0 Å². The van der Waals surface area contributed by atoms with Gasteiger partial charge in [-0.3, -0.25) is 0 Å². The fourth-order valence-corrected chi connectivity index (χ4v) is 2.98. The van der Waals surface area contributed by atoms with Crippen LogP contribution in [0.4, 0.5) is 0 Å². The molecular formula is C14H11Br3O. The summed E-state index contributed by atoms with van der Waals surface area (Å²) in [7, 11) is 0. The van der Waals surface area contributed by atoms with Gasteiger partial charge in [-0.25, -0.2) is 0 Å². The predicted octanol–water partition coefficient (Wildman–Crippen LogP) is 6.21. The molecule has 0 radical (unpaired) electrons. The molecule has 0 unspecified atom stereocenters. The number of hydrogen-bond acceptors (Lipinski definition) is 1. The highest BCUT2D eigenvalue weighted by atomic mass is 79.9. The van der Waals surface area contributed by atoms with Crippen molar-refractivity contribution in [2.45, 2.75) is 12.3 Å². The predicted molar refractivity (Wildman–Crippen MR) is 85.7 cm³/mol. The molecule has 2 aromatic carbocycles. The lowest BCUT2D eigenvalue weighted by Crippen LogP contribution is -1.90. The molecule has 4 heteroatoms. The van der Waals surface area contributed by atoms with Gasteiger partial charge in [0.25, 0.3) is 0 Å². The minimum absolute atomic E-state index is 0.755. The first-order valence-electron chi connectivity index (χ1n) is 5.38. The van der Waals surface area contributed by atoms with Gasteiger partial charge in [0.2, 0.25) is 0 Å². The normalized spacial score (nSPS) is 10.4. The van der Waals surface area contributed by atoms with Crippen molar-refractivity contribution in [3.63, 3.8) is 0 Å². The van der Waals surface area contributed by atoms with E-state index < -0.39 is 0 Å². The molecule has 0 saturated carbocycles. The zero-order valence-corrected chi connectivity index (χ0v) is 14.5. The van der Waals surface area contributed by atoms with Crippen LogP contribution in [0, 0.1) is 6.92 Å². The minimum Gasteiger partial charge on any atom is -0.456 e. The van der Waals surface area contributed by atoms with Gasteiger partial charge in [0.1, 0.15) is 11.5 Å². The SMILES string of the molecule is Cc1ccc(Oc2ccc(Br)cc2CBr)c(Br)c1. The third-order valence-electron chi connectivity index (χ3n) is 2.47. The fraction of sp³-hybridized carbons (Fsp3) is 0.143. The van der Waals surface area contributed by atoms with Crippen molar-refractivity contribution in [2.24, 2.45) is 0 Å². The fourth-order valence-electron chi connectivity index (χ4n) is 1.56. The van der Waals surface area contributed by atoms with Crippen LogP contribution in [0.25, 0.3) is 0 Å². The van der Waals surface area contributed by atoms with E-state index in [2.05, 4.69) is 54.7 Å². The highest BCUT2D eigenvalue weighted by Crippen LogP contribution is 2.34. The van der Waals surface area contributed by atoms with Gasteiger partial charge in [0.15, 0.2) is 0 Å². The Labute approximate surface area is 132 Å². The van der Waals surface area contributed by atoms with Gasteiger partial charge >= 0.3 is 0 Å². The van der Waals surface area contributed by atoms with Gasteiger partial charge < -0.3 is 4.74 Å². The van der Waals surface area contributed by atoms with Crippen molar-refractivity contribution in [3.8, 4) is 11.5 Å². The standard InChI is InChI=1S/C14H11Br3O/c1-9-2-4-14(12(17)6-9)18-13-5-3-11(16)7-10(13)8-15/h2-7H,8H2,1H3. The number of rotatable bonds is 3. The Morgan fingerprint density at radius 1 is 1.00 bits per heavy atom. The number of aryl methyl sites for hydroxylation is 1. The minimum atomic E-state index is 0.755. The van der Waals surface area contributed by atoms with Gasteiger partial charge in [-0.2, -0.15) is 0 Å². The first-order chi connectivity index (χ1) is 8.60. The number of ether oxygens (including phenoxy) is 1. The maximum Gasteiger partial charge on any atom is 0.141 e. The van der Waals surface area contributed by atoms with Gasteiger partial charge in [-0.15, -0.1) is 0 Å². The largest absolute Gasteiger partial charge is 0.456 e. The van der Waals surface area contributed by atoms with Crippen molar-refractivity contribution in [1.29, 1.82) is 0 Å². The second kappa shape index (κ2) is 6.22. The van der Waals surface area contributed by atoms with Crippen LogP contribution in [-0.2, 0) is 5.33 Å². The number of benzene rings is 2. The van der Waals surface area contributed by atoms with Crippen molar-refractivity contribution >= 4 is 47.8 Å². The summed E-state index contributed by atoms with van der Waals surface area (Å²) < 4.78 is 7.96. The highest BCUT2D eigenvalue weighted by molar-refractivity contribution is 9.11. The zero-order chi connectivity index (χ0) is 13.1. The van der Waals surface area contributed by atoms with Crippen LogP contribution in [0.3, 0.4) is 0 Å². The Morgan fingerprint density at radius 2 is 1.72 bits per heavy atom. The maximum absolute atomic E-state index is 5.94. The molecule has 0 aliphatic carbocycles. The Bertz CT molecular complexity index is 567. The Kier molecular flexibility index (Phi) is 4.87. The van der Waals surface area contributed by atoms with E-state index in [-0.39, 0.29) is 0 Å². The van der Waals surface area contributed by atoms with Crippen LogP contribution >= 0.6 is 47.8 Å². The third kappa shape index (κ3) is 3.37. The molecule has 0 aliphatic heterocycles. The summed E-state index contributed by atoms with van der Waals surface area (Å²) >= 11 is 10.5. The van der Waals surface area contributed by atoms with Crippen molar-refractivity contribution in [1.82, 2.24) is 0 Å². The van der Waals surface area contributed by atoms with Crippen LogP contribution in [0.2, 0.25) is 0 Å². The molecule has 2 rings (SSSR count). The second-order valence-electron chi connectivity index (χ2n) is 3.92. The summed E-state index contributed by atoms with van der Waals surface area (Å²) in [6.07, 6.45) is 0. The molecule has 18 heavy (non-hydrogen) atoms. The average Bonchev–Trinajstić information content (AvgIpc) is 2.34. The molecule has 0 saturated heterocycles. The monoisotopic (exact) mass is 432 g/mol. The summed E-state index contributed by atoms with van der Waals surface area (Å²) in [4.78, 5) is 0. The topological polar surface area (TPSA) is 9.23 Å². The zero-order valence-electron chi connectivity index (χ0n) is 9.71. The van der Waals surface area contributed by atoms with E-state index in [4.69, 9.17) is 4.74 Å². The van der Waals surface area contributed by atoms with E-state index in [9.17, 15) is 0 Å². The maximum atomic E-state index is 5.94. The molecule has 1 nitrogen and oxygen atoms in total. The summed E-state index contributed by atoms with van der Waals surface area (Å²) in [5.74, 6) is 1.68. The summed E-state index contributed by atoms with van der Waals surface area (Å²) in [6.45, 7) is 2.05. The third-order valence-corrected chi connectivity index (χ3v) is 4.19. The van der Waals surface area contributed by atoms with Crippen molar-refractivity contribution in [3.05, 3.63) is 56.5 Å². The van der Waals surface area contributed by atoms with Crippen LogP contribution < -0.4 is 4.74 Å². The van der Waals surface area contributed by atoms with E-state index in [0.717, 1.165) is 31.3 Å². The molecule has 2 aromatic rings. The second-order valence-corrected chi connectivity index (χ2v) is 6.25. The summed E-state index contributed by atoms with van der Waals surface area (Å²) in [5.41, 5.74) is 2.31. The molecule has 0 aromatic heterocycles. The molecule has 0 bridgehead atoms. The molecule has 0 atom stereocenters. The Balaban J connectivity index is 2.33. The van der Waals surface area contributed by atoms with E-state index in [0.29, 0.717) is 0 Å². The van der Waals surface area contributed by atoms with Crippen molar-refractivity contribution < 1.29 is 4.74 Å². The Morgan fingerprint density at radius 3 is 2.39 bits per heavy atom. The lowest BCUT2D eigenvalue weighted by Gasteiger charge is -2.12. The molecule has 0 spiro atoms. The van der Waals surface area contributed by atoms with Gasteiger partial charge in [0, 0.05) is 15.4 Å². The molecule has 0 amide bonds. The van der Waals surface area contributed by atoms with Crippen LogP contribution in [-0.4, -0.2) is 0 Å². The first-order valence-corrected chi connectivity index (χ1v) is 8.09. The van der Waals surface area contributed by atoms with E-state index in [1.165, 1.54) is 5.56 Å². The summed E-state index contributed by atoms with van der Waals surface area (Å²) in [6, 6.07) is 12.0.